The molecule has 0 unspecified atom stereocenters. The number of pyridine rings is 1. The zero-order valence-electron chi connectivity index (χ0n) is 11.5. The highest BCUT2D eigenvalue weighted by Gasteiger charge is 2.08. The average molecular weight is 449 g/mol. The molecule has 108 valence electrons. The van der Waals surface area contributed by atoms with Crippen LogP contribution in [0.2, 0.25) is 0 Å². The fourth-order valence-corrected chi connectivity index (χ4v) is 2.86. The molecular formula is C15H18BrIN2O. The minimum Gasteiger partial charge on any atom is -0.490 e. The van der Waals surface area contributed by atoms with Crippen LogP contribution in [0.3, 0.4) is 0 Å². The van der Waals surface area contributed by atoms with Crippen molar-refractivity contribution in [2.75, 3.05) is 19.7 Å². The molecule has 3 nitrogen and oxygen atoms in total. The van der Waals surface area contributed by atoms with Crippen LogP contribution >= 0.6 is 38.5 Å². The van der Waals surface area contributed by atoms with Crippen molar-refractivity contribution in [1.29, 1.82) is 0 Å². The molecule has 1 heterocycles. The minimum atomic E-state index is 0.672. The summed E-state index contributed by atoms with van der Waals surface area (Å²) >= 11 is 5.77. The lowest BCUT2D eigenvalue weighted by Crippen LogP contribution is -2.22. The molecule has 0 aliphatic carbocycles. The van der Waals surface area contributed by atoms with Gasteiger partial charge >= 0.3 is 0 Å². The standard InChI is InChI=1S/C15H18BrIN2O/c1-2-3-6-18-7-8-20-15-12-9-11(16)4-5-14(12)19-10-13(15)17/h4-5,9-10,18H,2-3,6-8H2,1H3. The Labute approximate surface area is 141 Å². The first-order valence-electron chi connectivity index (χ1n) is 6.79. The van der Waals surface area contributed by atoms with Gasteiger partial charge in [0.2, 0.25) is 0 Å². The monoisotopic (exact) mass is 448 g/mol. The van der Waals surface area contributed by atoms with Crippen molar-refractivity contribution in [3.8, 4) is 5.75 Å². The quantitative estimate of drug-likeness (QED) is 0.504. The van der Waals surface area contributed by atoms with Crippen LogP contribution in [0.4, 0.5) is 0 Å². The zero-order valence-corrected chi connectivity index (χ0v) is 15.2. The van der Waals surface area contributed by atoms with Crippen LogP contribution in [-0.2, 0) is 0 Å². The third-order valence-electron chi connectivity index (χ3n) is 2.97. The summed E-state index contributed by atoms with van der Waals surface area (Å²) in [5, 5.41) is 4.44. The molecule has 2 aromatic rings. The van der Waals surface area contributed by atoms with E-state index in [2.05, 4.69) is 61.8 Å². The number of aromatic nitrogens is 1. The second-order valence-electron chi connectivity index (χ2n) is 4.55. The summed E-state index contributed by atoms with van der Waals surface area (Å²) in [5.74, 6) is 0.925. The predicted octanol–water partition coefficient (Wildman–Crippen LogP) is 4.37. The maximum Gasteiger partial charge on any atom is 0.143 e. The Morgan fingerprint density at radius 1 is 1.35 bits per heavy atom. The Morgan fingerprint density at radius 2 is 2.20 bits per heavy atom. The molecule has 0 radical (unpaired) electrons. The Morgan fingerprint density at radius 3 is 3.00 bits per heavy atom. The third kappa shape index (κ3) is 4.30. The number of benzene rings is 1. The lowest BCUT2D eigenvalue weighted by molar-refractivity contribution is 0.315. The van der Waals surface area contributed by atoms with Gasteiger partial charge in [-0.05, 0) is 53.8 Å². The summed E-state index contributed by atoms with van der Waals surface area (Å²) in [6.07, 6.45) is 4.29. The molecule has 0 saturated heterocycles. The van der Waals surface area contributed by atoms with Gasteiger partial charge in [-0.3, -0.25) is 4.98 Å². The Kier molecular flexibility index (Phi) is 6.51. The van der Waals surface area contributed by atoms with Crippen molar-refractivity contribution in [3.05, 3.63) is 32.4 Å². The first-order valence-corrected chi connectivity index (χ1v) is 8.67. The van der Waals surface area contributed by atoms with Gasteiger partial charge in [-0.15, -0.1) is 0 Å². The fourth-order valence-electron chi connectivity index (χ4n) is 1.91. The van der Waals surface area contributed by atoms with Gasteiger partial charge in [-0.1, -0.05) is 29.3 Å². The summed E-state index contributed by atoms with van der Waals surface area (Å²) in [6.45, 7) is 4.79. The molecule has 5 heteroatoms. The van der Waals surface area contributed by atoms with E-state index < -0.39 is 0 Å². The number of nitrogens with zero attached hydrogens (tertiary/aromatic N) is 1. The van der Waals surface area contributed by atoms with Gasteiger partial charge in [0.25, 0.3) is 0 Å². The normalized spacial score (nSPS) is 10.9. The van der Waals surface area contributed by atoms with Crippen LogP contribution in [-0.4, -0.2) is 24.7 Å². The second-order valence-corrected chi connectivity index (χ2v) is 6.63. The van der Waals surface area contributed by atoms with Crippen LogP contribution < -0.4 is 10.1 Å². The van der Waals surface area contributed by atoms with Gasteiger partial charge in [0, 0.05) is 22.6 Å². The predicted molar refractivity (Wildman–Crippen MR) is 95.4 cm³/mol. The van der Waals surface area contributed by atoms with E-state index in [1.165, 1.54) is 12.8 Å². The third-order valence-corrected chi connectivity index (χ3v) is 4.23. The smallest absolute Gasteiger partial charge is 0.143 e. The number of nitrogens with one attached hydrogen (secondary N) is 1. The molecule has 0 bridgehead atoms. The number of halogens is 2. The van der Waals surface area contributed by atoms with Crippen LogP contribution in [0.25, 0.3) is 10.9 Å². The first kappa shape index (κ1) is 16.0. The second kappa shape index (κ2) is 8.14. The molecular weight excluding hydrogens is 431 g/mol. The Bertz CT molecular complexity index is 572. The van der Waals surface area contributed by atoms with Crippen molar-refractivity contribution in [2.45, 2.75) is 19.8 Å². The number of hydrogen-bond acceptors (Lipinski definition) is 3. The van der Waals surface area contributed by atoms with Crippen molar-refractivity contribution in [2.24, 2.45) is 0 Å². The molecule has 1 aromatic heterocycles. The molecule has 0 aliphatic rings. The van der Waals surface area contributed by atoms with E-state index in [-0.39, 0.29) is 0 Å². The fraction of sp³-hybridized carbons (Fsp3) is 0.400. The van der Waals surface area contributed by atoms with Crippen LogP contribution in [0.5, 0.6) is 5.75 Å². The minimum absolute atomic E-state index is 0.672. The SMILES string of the molecule is CCCCNCCOc1c(I)cnc2ccc(Br)cc12. The highest BCUT2D eigenvalue weighted by Crippen LogP contribution is 2.31. The van der Waals surface area contributed by atoms with Gasteiger partial charge in [-0.25, -0.2) is 0 Å². The summed E-state index contributed by atoms with van der Waals surface area (Å²) in [4.78, 5) is 4.43. The maximum atomic E-state index is 5.95. The lowest BCUT2D eigenvalue weighted by Gasteiger charge is -2.12. The number of rotatable bonds is 7. The van der Waals surface area contributed by atoms with Crippen LogP contribution in [0, 0.1) is 3.57 Å². The molecule has 20 heavy (non-hydrogen) atoms. The molecule has 0 fully saturated rings. The summed E-state index contributed by atoms with van der Waals surface area (Å²) in [7, 11) is 0. The van der Waals surface area contributed by atoms with Crippen LogP contribution in [0.15, 0.2) is 28.9 Å². The van der Waals surface area contributed by atoms with Gasteiger partial charge in [0.1, 0.15) is 12.4 Å². The van der Waals surface area contributed by atoms with Crippen molar-refractivity contribution >= 4 is 49.4 Å². The van der Waals surface area contributed by atoms with Gasteiger partial charge in [0.05, 0.1) is 9.09 Å². The molecule has 0 amide bonds. The molecule has 0 aliphatic heterocycles. The summed E-state index contributed by atoms with van der Waals surface area (Å²) in [6, 6.07) is 6.06. The topological polar surface area (TPSA) is 34.1 Å². The maximum absolute atomic E-state index is 5.95. The van der Waals surface area contributed by atoms with E-state index in [9.17, 15) is 0 Å². The zero-order chi connectivity index (χ0) is 14.4. The Hall–Kier alpha value is -0.400. The summed E-state index contributed by atoms with van der Waals surface area (Å²) in [5.41, 5.74) is 0.961. The largest absolute Gasteiger partial charge is 0.490 e. The molecule has 1 aromatic carbocycles. The van der Waals surface area contributed by atoms with E-state index in [4.69, 9.17) is 4.74 Å². The number of ether oxygens (including phenoxy) is 1. The van der Waals surface area contributed by atoms with E-state index in [0.29, 0.717) is 6.61 Å². The van der Waals surface area contributed by atoms with E-state index in [1.807, 2.05) is 18.3 Å². The molecule has 0 atom stereocenters. The van der Waals surface area contributed by atoms with Gasteiger partial charge in [-0.2, -0.15) is 0 Å². The van der Waals surface area contributed by atoms with Gasteiger partial charge in [0.15, 0.2) is 0 Å². The average Bonchev–Trinajstić information content (AvgIpc) is 2.44. The lowest BCUT2D eigenvalue weighted by atomic mass is 10.2. The number of hydrogen-bond donors (Lipinski definition) is 1. The van der Waals surface area contributed by atoms with E-state index >= 15 is 0 Å². The van der Waals surface area contributed by atoms with Crippen molar-refractivity contribution in [3.63, 3.8) is 0 Å². The molecule has 0 spiro atoms. The van der Waals surface area contributed by atoms with E-state index in [1.54, 1.807) is 0 Å². The van der Waals surface area contributed by atoms with E-state index in [0.717, 1.165) is 37.8 Å². The van der Waals surface area contributed by atoms with Crippen molar-refractivity contribution in [1.82, 2.24) is 10.3 Å². The summed E-state index contributed by atoms with van der Waals surface area (Å²) < 4.78 is 8.04. The molecule has 0 saturated carbocycles. The highest BCUT2D eigenvalue weighted by molar-refractivity contribution is 14.1. The number of unbranched alkanes of at least 4 members (excludes halogenated alkanes) is 1. The van der Waals surface area contributed by atoms with Crippen molar-refractivity contribution < 1.29 is 4.74 Å². The number of fused-ring (bicyclic) bond motifs is 1. The Balaban J connectivity index is 2.05. The molecule has 2 rings (SSSR count). The first-order chi connectivity index (χ1) is 9.72. The van der Waals surface area contributed by atoms with Crippen LogP contribution in [0.1, 0.15) is 19.8 Å². The molecule has 1 N–H and O–H groups in total. The van der Waals surface area contributed by atoms with Gasteiger partial charge < -0.3 is 10.1 Å². The highest BCUT2D eigenvalue weighted by atomic mass is 127.